The van der Waals surface area contributed by atoms with Gasteiger partial charge in [0.1, 0.15) is 0 Å². The van der Waals surface area contributed by atoms with Crippen LogP contribution in [0.4, 0.5) is 0 Å². The molecule has 1 saturated carbocycles. The van der Waals surface area contributed by atoms with E-state index in [1.807, 2.05) is 0 Å². The van der Waals surface area contributed by atoms with Crippen molar-refractivity contribution in [1.82, 2.24) is 4.90 Å². The van der Waals surface area contributed by atoms with Gasteiger partial charge in [-0.3, -0.25) is 0 Å². The van der Waals surface area contributed by atoms with Gasteiger partial charge in [-0.15, -0.1) is 0 Å². The minimum absolute atomic E-state index is 0.526. The van der Waals surface area contributed by atoms with Crippen LogP contribution < -0.4 is 5.73 Å². The van der Waals surface area contributed by atoms with Gasteiger partial charge in [0.25, 0.3) is 0 Å². The molecule has 0 radical (unpaired) electrons. The first-order valence-electron chi connectivity index (χ1n) is 4.79. The zero-order valence-electron chi connectivity index (χ0n) is 7.29. The van der Waals surface area contributed by atoms with E-state index in [4.69, 9.17) is 5.73 Å². The quantitative estimate of drug-likeness (QED) is 0.601. The van der Waals surface area contributed by atoms with Crippen molar-refractivity contribution in [2.45, 2.75) is 25.8 Å². The zero-order chi connectivity index (χ0) is 7.84. The first-order valence-corrected chi connectivity index (χ1v) is 4.79. The highest BCUT2D eigenvalue weighted by molar-refractivity contribution is 4.94. The topological polar surface area (TPSA) is 29.3 Å². The van der Waals surface area contributed by atoms with Crippen LogP contribution in [-0.4, -0.2) is 30.6 Å². The van der Waals surface area contributed by atoms with Gasteiger partial charge in [-0.25, -0.2) is 0 Å². The lowest BCUT2D eigenvalue weighted by Gasteiger charge is -2.35. The molecule has 2 fully saturated rings. The van der Waals surface area contributed by atoms with Gasteiger partial charge in [0.2, 0.25) is 0 Å². The number of fused-ring (bicyclic) bond motifs is 2. The summed E-state index contributed by atoms with van der Waals surface area (Å²) in [5, 5.41) is 0. The third kappa shape index (κ3) is 1.18. The number of nitrogens with two attached hydrogens (primary N) is 1. The van der Waals surface area contributed by atoms with E-state index in [9.17, 15) is 0 Å². The van der Waals surface area contributed by atoms with Crippen molar-refractivity contribution in [1.29, 1.82) is 0 Å². The number of hydrogen-bond donors (Lipinski definition) is 1. The predicted molar refractivity (Wildman–Crippen MR) is 46.3 cm³/mol. The highest BCUT2D eigenvalue weighted by atomic mass is 15.1. The molecule has 1 aliphatic heterocycles. The maximum absolute atomic E-state index is 6.07. The molecule has 1 heterocycles. The fourth-order valence-electron chi connectivity index (χ4n) is 2.62. The maximum Gasteiger partial charge on any atom is 0.0120 e. The summed E-state index contributed by atoms with van der Waals surface area (Å²) >= 11 is 0. The Labute approximate surface area is 68.7 Å². The van der Waals surface area contributed by atoms with Crippen LogP contribution in [0.2, 0.25) is 0 Å². The largest absolute Gasteiger partial charge is 0.327 e. The normalized spacial score (nSPS) is 44.7. The van der Waals surface area contributed by atoms with Crippen molar-refractivity contribution >= 4 is 0 Å². The van der Waals surface area contributed by atoms with Crippen molar-refractivity contribution in [3.05, 3.63) is 0 Å². The van der Waals surface area contributed by atoms with Gasteiger partial charge in [-0.1, -0.05) is 6.92 Å². The van der Waals surface area contributed by atoms with E-state index in [-0.39, 0.29) is 0 Å². The Hall–Kier alpha value is -0.0800. The molecule has 2 nitrogen and oxygen atoms in total. The Kier molecular flexibility index (Phi) is 1.90. The molecular weight excluding hydrogens is 136 g/mol. The zero-order valence-corrected chi connectivity index (χ0v) is 7.29. The summed E-state index contributed by atoms with van der Waals surface area (Å²) in [6, 6.07) is 0.526. The summed E-state index contributed by atoms with van der Waals surface area (Å²) in [5.41, 5.74) is 6.07. The average molecular weight is 154 g/mol. The number of likely N-dealkylation sites (tertiary alicyclic amines) is 1. The molecule has 2 bridgehead atoms. The Morgan fingerprint density at radius 3 is 2.27 bits per heavy atom. The van der Waals surface area contributed by atoms with Gasteiger partial charge in [0.15, 0.2) is 0 Å². The summed E-state index contributed by atoms with van der Waals surface area (Å²) < 4.78 is 0. The van der Waals surface area contributed by atoms with Crippen LogP contribution in [0.15, 0.2) is 0 Å². The number of hydrogen-bond acceptors (Lipinski definition) is 2. The maximum atomic E-state index is 6.07. The fourth-order valence-corrected chi connectivity index (χ4v) is 2.62. The molecular formula is C9H18N2. The second-order valence-electron chi connectivity index (χ2n) is 4.03. The van der Waals surface area contributed by atoms with Crippen molar-refractivity contribution < 1.29 is 0 Å². The summed E-state index contributed by atoms with van der Waals surface area (Å²) in [4.78, 5) is 2.55. The van der Waals surface area contributed by atoms with Crippen LogP contribution in [0, 0.1) is 11.8 Å². The van der Waals surface area contributed by atoms with E-state index in [0.29, 0.717) is 6.04 Å². The second-order valence-corrected chi connectivity index (χ2v) is 4.03. The number of rotatable bonds is 1. The molecule has 1 unspecified atom stereocenters. The van der Waals surface area contributed by atoms with Crippen LogP contribution in [-0.2, 0) is 0 Å². The third-order valence-electron chi connectivity index (χ3n) is 3.43. The van der Waals surface area contributed by atoms with E-state index in [0.717, 1.165) is 11.8 Å². The lowest BCUT2D eigenvalue weighted by molar-refractivity contribution is 0.154. The molecule has 1 saturated heterocycles. The first-order chi connectivity index (χ1) is 5.31. The minimum atomic E-state index is 0.526. The molecule has 1 aliphatic carbocycles. The Morgan fingerprint density at radius 1 is 1.27 bits per heavy atom. The number of nitrogens with zero attached hydrogens (tertiary/aromatic N) is 1. The van der Waals surface area contributed by atoms with E-state index >= 15 is 0 Å². The molecule has 64 valence electrons. The fraction of sp³-hybridized carbons (Fsp3) is 1.00. The minimum Gasteiger partial charge on any atom is -0.327 e. The van der Waals surface area contributed by atoms with E-state index < -0.39 is 0 Å². The molecule has 0 aromatic rings. The van der Waals surface area contributed by atoms with Gasteiger partial charge in [0, 0.05) is 19.1 Å². The predicted octanol–water partition coefficient (Wildman–Crippen LogP) is 0.675. The molecule has 2 rings (SSSR count). The summed E-state index contributed by atoms with van der Waals surface area (Å²) in [6.07, 6.45) is 2.75. The van der Waals surface area contributed by atoms with Crippen LogP contribution in [0.25, 0.3) is 0 Å². The van der Waals surface area contributed by atoms with Gasteiger partial charge >= 0.3 is 0 Å². The van der Waals surface area contributed by atoms with Crippen LogP contribution in [0.5, 0.6) is 0 Å². The third-order valence-corrected chi connectivity index (χ3v) is 3.43. The number of piperidine rings is 1. The molecule has 0 spiro atoms. The Bertz CT molecular complexity index is 132. The SMILES string of the molecule is CCN1C[C@H]2CC[C@@H](C1)C2N. The smallest absolute Gasteiger partial charge is 0.0120 e. The van der Waals surface area contributed by atoms with Gasteiger partial charge in [-0.05, 0) is 31.2 Å². The van der Waals surface area contributed by atoms with E-state index in [1.165, 1.54) is 32.5 Å². The van der Waals surface area contributed by atoms with Crippen LogP contribution in [0.1, 0.15) is 19.8 Å². The van der Waals surface area contributed by atoms with Gasteiger partial charge in [-0.2, -0.15) is 0 Å². The molecule has 2 N–H and O–H groups in total. The van der Waals surface area contributed by atoms with E-state index in [2.05, 4.69) is 11.8 Å². The molecule has 0 aromatic carbocycles. The van der Waals surface area contributed by atoms with Gasteiger partial charge < -0.3 is 10.6 Å². The lowest BCUT2D eigenvalue weighted by Crippen LogP contribution is -2.48. The molecule has 2 aliphatic rings. The van der Waals surface area contributed by atoms with Crippen molar-refractivity contribution in [2.75, 3.05) is 19.6 Å². The second kappa shape index (κ2) is 2.76. The average Bonchev–Trinajstić information content (AvgIpc) is 2.26. The Morgan fingerprint density at radius 2 is 1.82 bits per heavy atom. The van der Waals surface area contributed by atoms with Crippen molar-refractivity contribution in [3.63, 3.8) is 0 Å². The van der Waals surface area contributed by atoms with Crippen LogP contribution >= 0.6 is 0 Å². The summed E-state index contributed by atoms with van der Waals surface area (Å²) in [5.74, 6) is 1.63. The lowest BCUT2D eigenvalue weighted by atomic mass is 9.93. The summed E-state index contributed by atoms with van der Waals surface area (Å²) in [6.45, 7) is 5.97. The first kappa shape index (κ1) is 7.56. The molecule has 11 heavy (non-hydrogen) atoms. The highest BCUT2D eigenvalue weighted by Crippen LogP contribution is 2.35. The van der Waals surface area contributed by atoms with Crippen molar-refractivity contribution in [3.8, 4) is 0 Å². The Balaban J connectivity index is 2.02. The monoisotopic (exact) mass is 154 g/mol. The standard InChI is InChI=1S/C9H18N2/c1-2-11-5-7-3-4-8(6-11)9(7)10/h7-9H,2-6,10H2,1H3/t7-,8+,9?. The summed E-state index contributed by atoms with van der Waals surface area (Å²) in [7, 11) is 0. The van der Waals surface area contributed by atoms with Crippen molar-refractivity contribution in [2.24, 2.45) is 17.6 Å². The van der Waals surface area contributed by atoms with Crippen LogP contribution in [0.3, 0.4) is 0 Å². The molecule has 0 aromatic heterocycles. The molecule has 0 amide bonds. The molecule has 2 heteroatoms. The molecule has 3 atom stereocenters. The van der Waals surface area contributed by atoms with Gasteiger partial charge in [0.05, 0.1) is 0 Å². The van der Waals surface area contributed by atoms with E-state index in [1.54, 1.807) is 0 Å². The highest BCUT2D eigenvalue weighted by Gasteiger charge is 2.38.